The van der Waals surface area contributed by atoms with E-state index in [2.05, 4.69) is 98.9 Å². The van der Waals surface area contributed by atoms with Crippen LogP contribution >= 0.6 is 7.82 Å². The molecule has 58 heavy (non-hydrogen) atoms. The van der Waals surface area contributed by atoms with E-state index in [9.17, 15) is 19.0 Å². The maximum atomic E-state index is 12.7. The number of hydrogen-bond donors (Lipinski definition) is 1. The van der Waals surface area contributed by atoms with Gasteiger partial charge in [-0.25, -0.2) is 4.57 Å². The van der Waals surface area contributed by atoms with Gasteiger partial charge in [0.25, 0.3) is 0 Å². The van der Waals surface area contributed by atoms with E-state index < -0.39 is 32.5 Å². The van der Waals surface area contributed by atoms with Crippen molar-refractivity contribution >= 4 is 19.8 Å². The van der Waals surface area contributed by atoms with E-state index in [1.54, 1.807) is 0 Å². The average molecular weight is 831 g/mol. The molecule has 0 aromatic carbocycles. The van der Waals surface area contributed by atoms with Gasteiger partial charge in [0, 0.05) is 12.8 Å². The predicted octanol–water partition coefficient (Wildman–Crippen LogP) is 12.6. The first-order valence-electron chi connectivity index (χ1n) is 22.0. The Balaban J connectivity index is 4.53. The first-order chi connectivity index (χ1) is 28.0. The summed E-state index contributed by atoms with van der Waals surface area (Å²) in [6, 6.07) is 0. The summed E-state index contributed by atoms with van der Waals surface area (Å²) in [6.07, 6.45) is 51.8. The smallest absolute Gasteiger partial charge is 0.462 e. The zero-order valence-corrected chi connectivity index (χ0v) is 37.9. The Morgan fingerprint density at radius 2 is 1.02 bits per heavy atom. The third kappa shape index (κ3) is 42.5. The molecule has 0 amide bonds. The number of carbonyl (C=O) groups excluding carboxylic acids is 2. The molecule has 9 nitrogen and oxygen atoms in total. The van der Waals surface area contributed by atoms with Crippen LogP contribution in [0, 0.1) is 0 Å². The molecule has 1 N–H and O–H groups in total. The lowest BCUT2D eigenvalue weighted by atomic mass is 10.1. The second-order valence-electron chi connectivity index (χ2n) is 15.3. The molecule has 1 unspecified atom stereocenters. The molecule has 0 rings (SSSR count). The maximum Gasteiger partial charge on any atom is 0.472 e. The third-order valence-corrected chi connectivity index (χ3v) is 9.60. The Morgan fingerprint density at radius 1 is 0.552 bits per heavy atom. The SMILES string of the molecule is CC/C=C\C/C=C\C/C=C\CCCCCCCC(=O)O[C@H](COC(=O)CC/C=C\C/C=C\C/C=C\C/C=C\C/C=C\CCCCC)COP(=O)(O)OCC[N+](C)(C)C. The summed E-state index contributed by atoms with van der Waals surface area (Å²) in [7, 11) is 1.41. The van der Waals surface area contributed by atoms with Crippen molar-refractivity contribution in [1.29, 1.82) is 0 Å². The molecule has 0 aliphatic carbocycles. The molecule has 0 radical (unpaired) electrons. The Morgan fingerprint density at radius 3 is 1.53 bits per heavy atom. The second-order valence-corrected chi connectivity index (χ2v) is 16.8. The number of hydrogen-bond acceptors (Lipinski definition) is 7. The van der Waals surface area contributed by atoms with Crippen LogP contribution in [0.5, 0.6) is 0 Å². The standard InChI is InChI=1S/C48H80NO8P/c1-6-8-10-12-14-16-18-20-22-23-24-25-27-28-30-32-34-36-38-40-47(50)54-44-46(45-56-58(52,53)55-43-42-49(3,4)5)57-48(51)41-39-37-35-33-31-29-26-21-19-17-15-13-11-9-7-2/h9,11,14-17,20-22,24-26,28,30,34,36,46H,6-8,10,12-13,18-19,23,27,29,31-33,35,37-45H2,1-5H3/p+1/b11-9-,16-14-,17-15-,22-20-,25-24-,26-21-,30-28-,36-34-/t46-/m1/s1. The minimum absolute atomic E-state index is 0.0114. The summed E-state index contributed by atoms with van der Waals surface area (Å²) in [6.45, 7) is 4.14. The fourth-order valence-corrected chi connectivity index (χ4v) is 5.93. The molecule has 330 valence electrons. The van der Waals surface area contributed by atoms with Crippen molar-refractivity contribution in [3.8, 4) is 0 Å². The zero-order chi connectivity index (χ0) is 42.8. The number of nitrogens with zero attached hydrogens (tertiary/aromatic N) is 1. The van der Waals surface area contributed by atoms with Gasteiger partial charge in [-0.05, 0) is 83.5 Å². The number of quaternary nitrogens is 1. The average Bonchev–Trinajstić information content (AvgIpc) is 3.17. The minimum atomic E-state index is -4.40. The fourth-order valence-electron chi connectivity index (χ4n) is 5.19. The number of ether oxygens (including phenoxy) is 2. The first-order valence-corrected chi connectivity index (χ1v) is 23.5. The van der Waals surface area contributed by atoms with Crippen LogP contribution in [0.4, 0.5) is 0 Å². The van der Waals surface area contributed by atoms with E-state index in [1.807, 2.05) is 33.3 Å². The molecule has 0 fully saturated rings. The molecular formula is C48H81NO8P+. The monoisotopic (exact) mass is 831 g/mol. The maximum absolute atomic E-state index is 12.7. The summed E-state index contributed by atoms with van der Waals surface area (Å²) in [4.78, 5) is 35.3. The quantitative estimate of drug-likeness (QED) is 0.0215. The van der Waals surface area contributed by atoms with Crippen molar-refractivity contribution < 1.29 is 42.1 Å². The van der Waals surface area contributed by atoms with Crippen LogP contribution in [0.1, 0.15) is 142 Å². The summed E-state index contributed by atoms with van der Waals surface area (Å²) >= 11 is 0. The highest BCUT2D eigenvalue weighted by Gasteiger charge is 2.27. The summed E-state index contributed by atoms with van der Waals surface area (Å²) < 4.78 is 34.2. The number of phosphoric ester groups is 1. The topological polar surface area (TPSA) is 108 Å². The van der Waals surface area contributed by atoms with Crippen molar-refractivity contribution in [1.82, 2.24) is 0 Å². The number of carbonyl (C=O) groups is 2. The van der Waals surface area contributed by atoms with Crippen LogP contribution in [0.25, 0.3) is 0 Å². The fraction of sp³-hybridized carbons (Fsp3) is 0.625. The normalized spacial score (nSPS) is 14.5. The van der Waals surface area contributed by atoms with Gasteiger partial charge in [0.2, 0.25) is 0 Å². The molecule has 0 spiro atoms. The lowest BCUT2D eigenvalue weighted by Crippen LogP contribution is -2.37. The van der Waals surface area contributed by atoms with Gasteiger partial charge in [0.05, 0.1) is 27.7 Å². The Kier molecular flexibility index (Phi) is 37.3. The largest absolute Gasteiger partial charge is 0.472 e. The Bertz CT molecular complexity index is 1300. The van der Waals surface area contributed by atoms with E-state index in [0.717, 1.165) is 77.0 Å². The lowest BCUT2D eigenvalue weighted by Gasteiger charge is -2.24. The van der Waals surface area contributed by atoms with E-state index in [-0.39, 0.29) is 26.1 Å². The predicted molar refractivity (Wildman–Crippen MR) is 242 cm³/mol. The third-order valence-electron chi connectivity index (χ3n) is 8.61. The van der Waals surface area contributed by atoms with Crippen LogP contribution in [0.2, 0.25) is 0 Å². The van der Waals surface area contributed by atoms with Crippen molar-refractivity contribution in [2.75, 3.05) is 47.5 Å². The highest BCUT2D eigenvalue weighted by molar-refractivity contribution is 7.47. The highest BCUT2D eigenvalue weighted by atomic mass is 31.2. The number of unbranched alkanes of at least 4 members (excludes halogenated alkanes) is 8. The number of esters is 2. The Labute approximate surface area is 353 Å². The van der Waals surface area contributed by atoms with E-state index in [4.69, 9.17) is 18.5 Å². The van der Waals surface area contributed by atoms with Gasteiger partial charge in [-0.1, -0.05) is 143 Å². The number of allylic oxidation sites excluding steroid dienone is 16. The molecule has 0 aliphatic rings. The van der Waals surface area contributed by atoms with E-state index >= 15 is 0 Å². The molecule has 0 bridgehead atoms. The molecular weight excluding hydrogens is 750 g/mol. The van der Waals surface area contributed by atoms with Crippen molar-refractivity contribution in [2.45, 2.75) is 148 Å². The Hall–Kier alpha value is -3.07. The van der Waals surface area contributed by atoms with Crippen LogP contribution in [0.15, 0.2) is 97.2 Å². The molecule has 0 heterocycles. The van der Waals surface area contributed by atoms with Crippen LogP contribution < -0.4 is 0 Å². The second kappa shape index (κ2) is 39.4. The van der Waals surface area contributed by atoms with Gasteiger partial charge in [0.15, 0.2) is 6.10 Å². The number of phosphoric acid groups is 1. The van der Waals surface area contributed by atoms with E-state index in [0.29, 0.717) is 23.9 Å². The lowest BCUT2D eigenvalue weighted by molar-refractivity contribution is -0.870. The number of likely N-dealkylation sites (N-methyl/N-ethyl adjacent to an activating group) is 1. The molecule has 10 heteroatoms. The van der Waals surface area contributed by atoms with Gasteiger partial charge < -0.3 is 18.9 Å². The molecule has 2 atom stereocenters. The minimum Gasteiger partial charge on any atom is -0.462 e. The van der Waals surface area contributed by atoms with Gasteiger partial charge in [-0.3, -0.25) is 18.6 Å². The first kappa shape index (κ1) is 54.9. The summed E-state index contributed by atoms with van der Waals surface area (Å²) in [5.41, 5.74) is 0. The van der Waals surface area contributed by atoms with Crippen LogP contribution in [-0.2, 0) is 32.7 Å². The molecule has 0 saturated carbocycles. The molecule has 0 aliphatic heterocycles. The number of rotatable bonds is 38. The molecule has 0 aromatic heterocycles. The summed E-state index contributed by atoms with van der Waals surface area (Å²) in [5.74, 6) is -0.926. The molecule has 0 aromatic rings. The van der Waals surface area contributed by atoms with Gasteiger partial charge in [-0.2, -0.15) is 0 Å². The van der Waals surface area contributed by atoms with Gasteiger partial charge in [-0.15, -0.1) is 0 Å². The van der Waals surface area contributed by atoms with Crippen molar-refractivity contribution in [2.24, 2.45) is 0 Å². The van der Waals surface area contributed by atoms with Gasteiger partial charge >= 0.3 is 19.8 Å². The summed E-state index contributed by atoms with van der Waals surface area (Å²) in [5, 5.41) is 0. The molecule has 0 saturated heterocycles. The van der Waals surface area contributed by atoms with Crippen molar-refractivity contribution in [3.05, 3.63) is 97.2 Å². The zero-order valence-electron chi connectivity index (χ0n) is 37.0. The highest BCUT2D eigenvalue weighted by Crippen LogP contribution is 2.43. The van der Waals surface area contributed by atoms with Crippen LogP contribution in [-0.4, -0.2) is 74.9 Å². The van der Waals surface area contributed by atoms with E-state index in [1.165, 1.54) is 25.7 Å². The van der Waals surface area contributed by atoms with Gasteiger partial charge in [0.1, 0.15) is 19.8 Å². The van der Waals surface area contributed by atoms with Crippen LogP contribution in [0.3, 0.4) is 0 Å². The van der Waals surface area contributed by atoms with Crippen molar-refractivity contribution in [3.63, 3.8) is 0 Å².